The van der Waals surface area contributed by atoms with E-state index in [4.69, 9.17) is 4.74 Å². The van der Waals surface area contributed by atoms with E-state index in [0.29, 0.717) is 30.9 Å². The number of carboxylic acid groups (broad SMARTS) is 1. The summed E-state index contributed by atoms with van der Waals surface area (Å²) >= 11 is 0. The van der Waals surface area contributed by atoms with Crippen LogP contribution in [-0.4, -0.2) is 29.3 Å². The first-order chi connectivity index (χ1) is 9.91. The molecule has 1 aromatic rings. The van der Waals surface area contributed by atoms with E-state index in [1.54, 1.807) is 24.3 Å². The number of hydrogen-bond donors (Lipinski definition) is 3. The molecule has 0 aliphatic heterocycles. The normalized spacial score (nSPS) is 13.1. The Labute approximate surface area is 124 Å². The molecule has 21 heavy (non-hydrogen) atoms. The number of urea groups is 1. The quantitative estimate of drug-likeness (QED) is 0.721. The molecule has 0 saturated carbocycles. The lowest BCUT2D eigenvalue weighted by Gasteiger charge is -2.25. The van der Waals surface area contributed by atoms with Crippen LogP contribution < -0.4 is 15.4 Å². The van der Waals surface area contributed by atoms with Crippen LogP contribution in [0.5, 0.6) is 5.75 Å². The van der Waals surface area contributed by atoms with E-state index in [1.807, 2.05) is 13.8 Å². The maximum atomic E-state index is 12.0. The van der Waals surface area contributed by atoms with Crippen LogP contribution in [0.15, 0.2) is 24.3 Å². The number of aliphatic carboxylic acids is 1. The predicted molar refractivity (Wildman–Crippen MR) is 80.7 cm³/mol. The van der Waals surface area contributed by atoms with Crippen molar-refractivity contribution >= 4 is 17.7 Å². The summed E-state index contributed by atoms with van der Waals surface area (Å²) in [6, 6.07) is 6.37. The zero-order valence-corrected chi connectivity index (χ0v) is 12.6. The van der Waals surface area contributed by atoms with Gasteiger partial charge in [0.2, 0.25) is 0 Å². The van der Waals surface area contributed by atoms with Gasteiger partial charge in [-0.25, -0.2) is 9.59 Å². The summed E-state index contributed by atoms with van der Waals surface area (Å²) in [7, 11) is 0. The van der Waals surface area contributed by atoms with Gasteiger partial charge < -0.3 is 20.5 Å². The van der Waals surface area contributed by atoms with E-state index in [9.17, 15) is 14.7 Å². The van der Waals surface area contributed by atoms with E-state index in [1.165, 1.54) is 6.92 Å². The van der Waals surface area contributed by atoms with Gasteiger partial charge in [-0.2, -0.15) is 0 Å². The molecular weight excluding hydrogens is 272 g/mol. The zero-order valence-electron chi connectivity index (χ0n) is 12.6. The number of hydrogen-bond acceptors (Lipinski definition) is 3. The average Bonchev–Trinajstić information content (AvgIpc) is 2.39. The van der Waals surface area contributed by atoms with Gasteiger partial charge in [0, 0.05) is 11.8 Å². The Morgan fingerprint density at radius 3 is 2.62 bits per heavy atom. The number of ether oxygens (including phenoxy) is 1. The Morgan fingerprint density at radius 1 is 1.33 bits per heavy atom. The SMILES string of the molecule is CCCC(C)(NC(=O)Nc1cccc(OCC)c1)C(=O)O. The fraction of sp³-hybridized carbons (Fsp3) is 0.467. The van der Waals surface area contributed by atoms with E-state index >= 15 is 0 Å². The number of benzene rings is 1. The summed E-state index contributed by atoms with van der Waals surface area (Å²) < 4.78 is 5.34. The van der Waals surface area contributed by atoms with Gasteiger partial charge in [-0.05, 0) is 32.4 Å². The lowest BCUT2D eigenvalue weighted by atomic mass is 9.97. The van der Waals surface area contributed by atoms with Gasteiger partial charge in [0.25, 0.3) is 0 Å². The molecule has 1 rings (SSSR count). The molecule has 0 spiro atoms. The van der Waals surface area contributed by atoms with Crippen molar-refractivity contribution in [3.05, 3.63) is 24.3 Å². The zero-order chi connectivity index (χ0) is 15.9. The molecule has 2 amide bonds. The molecule has 116 valence electrons. The predicted octanol–water partition coefficient (Wildman–Crippen LogP) is 2.85. The van der Waals surface area contributed by atoms with Gasteiger partial charge in [0.05, 0.1) is 6.61 Å². The number of carboxylic acids is 1. The first-order valence-electron chi connectivity index (χ1n) is 6.96. The molecule has 1 unspecified atom stereocenters. The molecule has 6 nitrogen and oxygen atoms in total. The minimum atomic E-state index is -1.28. The number of carbonyl (C=O) groups is 2. The average molecular weight is 294 g/mol. The summed E-state index contributed by atoms with van der Waals surface area (Å²) in [6.07, 6.45) is 1.01. The summed E-state index contributed by atoms with van der Waals surface area (Å²) in [5.41, 5.74) is -0.737. The van der Waals surface area contributed by atoms with E-state index in [2.05, 4.69) is 10.6 Å². The second kappa shape index (κ2) is 7.52. The smallest absolute Gasteiger partial charge is 0.329 e. The third kappa shape index (κ3) is 4.98. The van der Waals surface area contributed by atoms with Crippen LogP contribution in [0.4, 0.5) is 10.5 Å². The van der Waals surface area contributed by atoms with Gasteiger partial charge in [0.1, 0.15) is 11.3 Å². The number of nitrogens with one attached hydrogen (secondary N) is 2. The van der Waals surface area contributed by atoms with Crippen molar-refractivity contribution in [2.24, 2.45) is 0 Å². The van der Waals surface area contributed by atoms with Crippen LogP contribution in [-0.2, 0) is 4.79 Å². The fourth-order valence-corrected chi connectivity index (χ4v) is 1.97. The molecule has 1 atom stereocenters. The summed E-state index contributed by atoms with van der Waals surface area (Å²) in [4.78, 5) is 23.2. The van der Waals surface area contributed by atoms with Gasteiger partial charge in [-0.1, -0.05) is 19.4 Å². The van der Waals surface area contributed by atoms with E-state index < -0.39 is 17.5 Å². The molecule has 0 bridgehead atoms. The highest BCUT2D eigenvalue weighted by Crippen LogP contribution is 2.18. The Balaban J connectivity index is 2.72. The second-order valence-electron chi connectivity index (χ2n) is 4.93. The molecule has 0 aromatic heterocycles. The monoisotopic (exact) mass is 294 g/mol. The van der Waals surface area contributed by atoms with Crippen LogP contribution >= 0.6 is 0 Å². The van der Waals surface area contributed by atoms with Gasteiger partial charge in [0.15, 0.2) is 0 Å². The van der Waals surface area contributed by atoms with E-state index in [-0.39, 0.29) is 0 Å². The summed E-state index contributed by atoms with van der Waals surface area (Å²) in [6.45, 7) is 5.76. The summed E-state index contributed by atoms with van der Waals surface area (Å²) in [5, 5.41) is 14.3. The molecule has 0 fully saturated rings. The number of carbonyl (C=O) groups excluding carboxylic acids is 1. The number of rotatable bonds is 7. The maximum Gasteiger partial charge on any atom is 0.329 e. The molecular formula is C15H22N2O4. The van der Waals surface area contributed by atoms with Crippen LogP contribution in [0.2, 0.25) is 0 Å². The lowest BCUT2D eigenvalue weighted by Crippen LogP contribution is -2.53. The van der Waals surface area contributed by atoms with E-state index in [0.717, 1.165) is 0 Å². The largest absolute Gasteiger partial charge is 0.494 e. The molecule has 3 N–H and O–H groups in total. The third-order valence-corrected chi connectivity index (χ3v) is 3.01. The number of amides is 2. The molecule has 0 saturated heterocycles. The first-order valence-corrected chi connectivity index (χ1v) is 6.96. The van der Waals surface area contributed by atoms with Crippen molar-refractivity contribution in [1.82, 2.24) is 5.32 Å². The Bertz CT molecular complexity index is 504. The van der Waals surface area contributed by atoms with Crippen LogP contribution in [0, 0.1) is 0 Å². The Morgan fingerprint density at radius 2 is 2.05 bits per heavy atom. The Hall–Kier alpha value is -2.24. The summed E-state index contributed by atoms with van der Waals surface area (Å²) in [5.74, 6) is -0.410. The fourth-order valence-electron chi connectivity index (χ4n) is 1.97. The molecule has 1 aromatic carbocycles. The highest BCUT2D eigenvalue weighted by atomic mass is 16.5. The highest BCUT2D eigenvalue weighted by Gasteiger charge is 2.33. The van der Waals surface area contributed by atoms with Crippen molar-refractivity contribution in [3.63, 3.8) is 0 Å². The van der Waals surface area contributed by atoms with Crippen molar-refractivity contribution in [2.75, 3.05) is 11.9 Å². The Kier molecular flexibility index (Phi) is 6.02. The molecule has 0 heterocycles. The highest BCUT2D eigenvalue weighted by molar-refractivity contribution is 5.93. The topological polar surface area (TPSA) is 87.7 Å². The van der Waals surface area contributed by atoms with Gasteiger partial charge in [-0.15, -0.1) is 0 Å². The van der Waals surface area contributed by atoms with Crippen LogP contribution in [0.3, 0.4) is 0 Å². The minimum absolute atomic E-state index is 0.356. The van der Waals surface area contributed by atoms with Crippen LogP contribution in [0.1, 0.15) is 33.6 Å². The standard InChI is InChI=1S/C15H22N2O4/c1-4-9-15(3,13(18)19)17-14(20)16-11-7-6-8-12(10-11)21-5-2/h6-8,10H,4-5,9H2,1-3H3,(H,18,19)(H2,16,17,20). The van der Waals surface area contributed by atoms with Gasteiger partial charge >= 0.3 is 12.0 Å². The first kappa shape index (κ1) is 16.8. The molecule has 6 heteroatoms. The number of anilines is 1. The van der Waals surface area contributed by atoms with Crippen molar-refractivity contribution in [3.8, 4) is 5.75 Å². The maximum absolute atomic E-state index is 12.0. The molecule has 0 radical (unpaired) electrons. The molecule has 0 aliphatic carbocycles. The van der Waals surface area contributed by atoms with Crippen molar-refractivity contribution < 1.29 is 19.4 Å². The second-order valence-corrected chi connectivity index (χ2v) is 4.93. The molecule has 0 aliphatic rings. The van der Waals surface area contributed by atoms with Gasteiger partial charge in [-0.3, -0.25) is 0 Å². The lowest BCUT2D eigenvalue weighted by molar-refractivity contribution is -0.143. The third-order valence-electron chi connectivity index (χ3n) is 3.01. The van der Waals surface area contributed by atoms with Crippen molar-refractivity contribution in [1.29, 1.82) is 0 Å². The minimum Gasteiger partial charge on any atom is -0.494 e. The van der Waals surface area contributed by atoms with Crippen LogP contribution in [0.25, 0.3) is 0 Å². The van der Waals surface area contributed by atoms with Crippen molar-refractivity contribution in [2.45, 2.75) is 39.2 Å².